The van der Waals surface area contributed by atoms with Crippen LogP contribution in [-0.2, 0) is 4.79 Å². The van der Waals surface area contributed by atoms with Crippen LogP contribution in [0.25, 0.3) is 0 Å². The third-order valence-corrected chi connectivity index (χ3v) is 3.97. The quantitative estimate of drug-likeness (QED) is 0.866. The summed E-state index contributed by atoms with van der Waals surface area (Å²) in [6.45, 7) is 4.76. The number of halogens is 1. The van der Waals surface area contributed by atoms with E-state index in [4.69, 9.17) is 5.73 Å². The average Bonchev–Trinajstić information content (AvgIpc) is 2.44. The van der Waals surface area contributed by atoms with E-state index < -0.39 is 11.4 Å². The second kappa shape index (κ2) is 6.22. The molecule has 1 aromatic carbocycles. The smallest absolute Gasteiger partial charge is 0.243 e. The van der Waals surface area contributed by atoms with E-state index in [2.05, 4.69) is 17.1 Å². The van der Waals surface area contributed by atoms with Gasteiger partial charge in [0.1, 0.15) is 11.4 Å². The van der Waals surface area contributed by atoms with Gasteiger partial charge < -0.3 is 16.0 Å². The number of hydrogen-bond donors (Lipinski definition) is 2. The zero-order valence-electron chi connectivity index (χ0n) is 11.9. The number of para-hydroxylation sites is 1. The number of rotatable bonds is 5. The zero-order chi connectivity index (χ0) is 14.6. The Morgan fingerprint density at radius 1 is 1.40 bits per heavy atom. The largest absolute Gasteiger partial charge is 0.369 e. The molecule has 1 fully saturated rings. The van der Waals surface area contributed by atoms with Gasteiger partial charge in [0.05, 0.1) is 5.69 Å². The third-order valence-electron chi connectivity index (χ3n) is 3.97. The molecule has 0 spiro atoms. The van der Waals surface area contributed by atoms with Crippen LogP contribution in [0.5, 0.6) is 0 Å². The Morgan fingerprint density at radius 2 is 2.05 bits per heavy atom. The van der Waals surface area contributed by atoms with Gasteiger partial charge in [-0.2, -0.15) is 0 Å². The Hall–Kier alpha value is -1.62. The summed E-state index contributed by atoms with van der Waals surface area (Å²) in [5.41, 5.74) is 5.08. The lowest BCUT2D eigenvalue weighted by Gasteiger charge is -2.40. The highest BCUT2D eigenvalue weighted by Crippen LogP contribution is 2.28. The third kappa shape index (κ3) is 3.10. The summed E-state index contributed by atoms with van der Waals surface area (Å²) in [7, 11) is 0. The molecule has 0 radical (unpaired) electrons. The van der Waals surface area contributed by atoms with E-state index in [1.807, 2.05) is 0 Å². The van der Waals surface area contributed by atoms with E-state index in [-0.39, 0.29) is 5.82 Å². The normalized spacial score (nSPS) is 18.7. The molecular formula is C15H22FN3O. The van der Waals surface area contributed by atoms with Gasteiger partial charge in [-0.25, -0.2) is 4.39 Å². The van der Waals surface area contributed by atoms with E-state index in [9.17, 15) is 9.18 Å². The van der Waals surface area contributed by atoms with Gasteiger partial charge in [-0.05, 0) is 37.9 Å². The molecule has 3 N–H and O–H groups in total. The predicted molar refractivity (Wildman–Crippen MR) is 77.9 cm³/mol. The Balaban J connectivity index is 2.12. The van der Waals surface area contributed by atoms with Crippen molar-refractivity contribution in [2.24, 2.45) is 5.73 Å². The van der Waals surface area contributed by atoms with E-state index in [0.29, 0.717) is 18.5 Å². The monoisotopic (exact) mass is 279 g/mol. The van der Waals surface area contributed by atoms with Gasteiger partial charge >= 0.3 is 0 Å². The number of benzene rings is 1. The van der Waals surface area contributed by atoms with Crippen LogP contribution in [-0.4, -0.2) is 36.0 Å². The summed E-state index contributed by atoms with van der Waals surface area (Å²) in [6.07, 6.45) is 2.30. The fourth-order valence-corrected chi connectivity index (χ4v) is 2.73. The van der Waals surface area contributed by atoms with E-state index in [1.54, 1.807) is 18.2 Å². The maximum atomic E-state index is 13.8. The molecule has 110 valence electrons. The SMILES string of the molecule is CCCN1CCC(Nc2ccccc2F)(C(N)=O)CC1. The molecule has 1 saturated heterocycles. The van der Waals surface area contributed by atoms with Gasteiger partial charge in [0, 0.05) is 13.1 Å². The van der Waals surface area contributed by atoms with Crippen molar-refractivity contribution in [2.45, 2.75) is 31.7 Å². The van der Waals surface area contributed by atoms with Crippen LogP contribution in [0.1, 0.15) is 26.2 Å². The molecule has 1 amide bonds. The van der Waals surface area contributed by atoms with Crippen LogP contribution in [0.4, 0.5) is 10.1 Å². The fraction of sp³-hybridized carbons (Fsp3) is 0.533. The van der Waals surface area contributed by atoms with Gasteiger partial charge in [0.15, 0.2) is 0 Å². The maximum Gasteiger partial charge on any atom is 0.243 e. The molecule has 4 nitrogen and oxygen atoms in total. The number of nitrogens with two attached hydrogens (primary N) is 1. The Bertz CT molecular complexity index is 470. The number of likely N-dealkylation sites (tertiary alicyclic amines) is 1. The van der Waals surface area contributed by atoms with Crippen molar-refractivity contribution in [2.75, 3.05) is 25.0 Å². The summed E-state index contributed by atoms with van der Waals surface area (Å²) in [4.78, 5) is 14.2. The molecule has 0 unspecified atom stereocenters. The first-order valence-corrected chi connectivity index (χ1v) is 7.12. The first-order chi connectivity index (χ1) is 9.57. The summed E-state index contributed by atoms with van der Waals surface area (Å²) < 4.78 is 13.8. The Morgan fingerprint density at radius 3 is 2.60 bits per heavy atom. The number of nitrogens with zero attached hydrogens (tertiary/aromatic N) is 1. The molecule has 1 heterocycles. The van der Waals surface area contributed by atoms with Gasteiger partial charge in [0.25, 0.3) is 0 Å². The Kier molecular flexibility index (Phi) is 4.60. The summed E-state index contributed by atoms with van der Waals surface area (Å²) in [5.74, 6) is -0.763. The van der Waals surface area contributed by atoms with E-state index in [0.717, 1.165) is 26.1 Å². The first kappa shape index (κ1) is 14.8. The highest BCUT2D eigenvalue weighted by Gasteiger charge is 2.40. The summed E-state index contributed by atoms with van der Waals surface area (Å²) in [5, 5.41) is 3.05. The number of primary amides is 1. The maximum absolute atomic E-state index is 13.8. The van der Waals surface area contributed by atoms with Crippen molar-refractivity contribution in [3.8, 4) is 0 Å². The van der Waals surface area contributed by atoms with Gasteiger partial charge in [-0.1, -0.05) is 19.1 Å². The summed E-state index contributed by atoms with van der Waals surface area (Å²) >= 11 is 0. The van der Waals surface area contributed by atoms with Crippen LogP contribution in [0.3, 0.4) is 0 Å². The molecule has 0 aliphatic carbocycles. The van der Waals surface area contributed by atoms with Crippen molar-refractivity contribution >= 4 is 11.6 Å². The van der Waals surface area contributed by atoms with E-state index in [1.165, 1.54) is 6.07 Å². The lowest BCUT2D eigenvalue weighted by molar-refractivity contribution is -0.123. The van der Waals surface area contributed by atoms with Gasteiger partial charge in [-0.15, -0.1) is 0 Å². The molecule has 0 aromatic heterocycles. The van der Waals surface area contributed by atoms with Crippen LogP contribution in [0.2, 0.25) is 0 Å². The highest BCUT2D eigenvalue weighted by atomic mass is 19.1. The molecule has 1 aliphatic heterocycles. The average molecular weight is 279 g/mol. The first-order valence-electron chi connectivity index (χ1n) is 7.12. The number of carbonyl (C=O) groups excluding carboxylic acids is 1. The van der Waals surface area contributed by atoms with Crippen molar-refractivity contribution in [1.29, 1.82) is 0 Å². The number of piperidine rings is 1. The molecule has 5 heteroatoms. The number of nitrogens with one attached hydrogen (secondary N) is 1. The molecule has 1 aromatic rings. The molecular weight excluding hydrogens is 257 g/mol. The van der Waals surface area contributed by atoms with Crippen molar-refractivity contribution in [1.82, 2.24) is 4.90 Å². The van der Waals surface area contributed by atoms with Crippen LogP contribution >= 0.6 is 0 Å². The van der Waals surface area contributed by atoms with Crippen molar-refractivity contribution in [3.05, 3.63) is 30.1 Å². The molecule has 0 saturated carbocycles. The Labute approximate surface area is 119 Å². The second-order valence-corrected chi connectivity index (χ2v) is 5.39. The van der Waals surface area contributed by atoms with Gasteiger partial charge in [-0.3, -0.25) is 4.79 Å². The minimum atomic E-state index is -0.841. The minimum absolute atomic E-state index is 0.343. The predicted octanol–water partition coefficient (Wildman–Crippen LogP) is 1.97. The number of anilines is 1. The van der Waals surface area contributed by atoms with Crippen LogP contribution in [0.15, 0.2) is 24.3 Å². The standard InChI is InChI=1S/C15H22FN3O/c1-2-9-19-10-7-15(8-11-19,14(17)20)18-13-6-4-3-5-12(13)16/h3-6,18H,2,7-11H2,1H3,(H2,17,20). The van der Waals surface area contributed by atoms with Crippen molar-refractivity contribution < 1.29 is 9.18 Å². The van der Waals surface area contributed by atoms with Gasteiger partial charge in [0.2, 0.25) is 5.91 Å². The zero-order valence-corrected chi connectivity index (χ0v) is 11.9. The lowest BCUT2D eigenvalue weighted by atomic mass is 9.86. The van der Waals surface area contributed by atoms with Crippen LogP contribution < -0.4 is 11.1 Å². The number of carbonyl (C=O) groups is 1. The molecule has 1 aliphatic rings. The molecule has 0 atom stereocenters. The number of hydrogen-bond acceptors (Lipinski definition) is 3. The molecule has 20 heavy (non-hydrogen) atoms. The lowest BCUT2D eigenvalue weighted by Crippen LogP contribution is -2.57. The minimum Gasteiger partial charge on any atom is -0.369 e. The van der Waals surface area contributed by atoms with Crippen molar-refractivity contribution in [3.63, 3.8) is 0 Å². The number of amides is 1. The molecule has 0 bridgehead atoms. The summed E-state index contributed by atoms with van der Waals surface area (Å²) in [6, 6.07) is 6.38. The van der Waals surface area contributed by atoms with Crippen LogP contribution in [0, 0.1) is 5.82 Å². The topological polar surface area (TPSA) is 58.4 Å². The second-order valence-electron chi connectivity index (χ2n) is 5.39. The molecule has 2 rings (SSSR count). The highest BCUT2D eigenvalue weighted by molar-refractivity contribution is 5.88. The fourth-order valence-electron chi connectivity index (χ4n) is 2.73. The van der Waals surface area contributed by atoms with E-state index >= 15 is 0 Å².